The number of anilines is 4. The van der Waals surface area contributed by atoms with Gasteiger partial charge in [0.1, 0.15) is 5.82 Å². The van der Waals surface area contributed by atoms with E-state index in [9.17, 15) is 0 Å². The second-order valence-corrected chi connectivity index (χ2v) is 6.21. The maximum atomic E-state index is 4.58. The molecule has 24 heavy (non-hydrogen) atoms. The molecule has 2 aromatic carbocycles. The quantitative estimate of drug-likeness (QED) is 0.694. The summed E-state index contributed by atoms with van der Waals surface area (Å²) in [4.78, 5) is 9.07. The minimum atomic E-state index is 0.593. The van der Waals surface area contributed by atoms with Gasteiger partial charge in [-0.15, -0.1) is 0 Å². The van der Waals surface area contributed by atoms with Gasteiger partial charge in [0.25, 0.3) is 0 Å². The highest BCUT2D eigenvalue weighted by Crippen LogP contribution is 2.21. The lowest BCUT2D eigenvalue weighted by Crippen LogP contribution is -2.02. The molecule has 2 N–H and O–H groups in total. The predicted octanol–water partition coefficient (Wildman–Crippen LogP) is 5.20. The third kappa shape index (κ3) is 4.10. The van der Waals surface area contributed by atoms with Crippen molar-refractivity contribution >= 4 is 23.1 Å². The molecule has 0 aliphatic heterocycles. The van der Waals surface area contributed by atoms with E-state index in [1.807, 2.05) is 25.1 Å². The van der Waals surface area contributed by atoms with Crippen molar-refractivity contribution in [2.45, 2.75) is 27.7 Å². The number of nitrogens with zero attached hydrogens (tertiary/aromatic N) is 2. The maximum absolute atomic E-state index is 4.58. The molecule has 0 fully saturated rings. The van der Waals surface area contributed by atoms with Crippen LogP contribution in [0.15, 0.2) is 48.5 Å². The lowest BCUT2D eigenvalue weighted by atomic mass is 10.1. The van der Waals surface area contributed by atoms with Crippen molar-refractivity contribution in [2.75, 3.05) is 10.6 Å². The Morgan fingerprint density at radius 1 is 0.667 bits per heavy atom. The highest BCUT2D eigenvalue weighted by atomic mass is 15.1. The van der Waals surface area contributed by atoms with Crippen LogP contribution in [0.1, 0.15) is 22.4 Å². The number of benzene rings is 2. The van der Waals surface area contributed by atoms with Crippen molar-refractivity contribution in [1.82, 2.24) is 9.97 Å². The van der Waals surface area contributed by atoms with Gasteiger partial charge in [-0.2, -0.15) is 4.98 Å². The van der Waals surface area contributed by atoms with Crippen molar-refractivity contribution < 1.29 is 0 Å². The first-order valence-electron chi connectivity index (χ1n) is 8.03. The van der Waals surface area contributed by atoms with Crippen molar-refractivity contribution in [3.63, 3.8) is 0 Å². The topological polar surface area (TPSA) is 49.8 Å². The standard InChI is InChI=1S/C20H22N4/c1-13-6-5-7-17(9-13)22-19-12-16(4)21-20(24-19)23-18-10-14(2)8-15(3)11-18/h5-12H,1-4H3,(H2,21,22,23,24). The molecule has 0 aliphatic carbocycles. The van der Waals surface area contributed by atoms with Crippen LogP contribution in [-0.4, -0.2) is 9.97 Å². The zero-order chi connectivity index (χ0) is 17.1. The van der Waals surface area contributed by atoms with Gasteiger partial charge in [0.2, 0.25) is 5.95 Å². The van der Waals surface area contributed by atoms with E-state index < -0.39 is 0 Å². The van der Waals surface area contributed by atoms with E-state index in [1.54, 1.807) is 0 Å². The molecule has 0 amide bonds. The molecule has 1 aromatic heterocycles. The van der Waals surface area contributed by atoms with E-state index in [-0.39, 0.29) is 0 Å². The molecule has 0 unspecified atom stereocenters. The van der Waals surface area contributed by atoms with Gasteiger partial charge in [0.15, 0.2) is 0 Å². The SMILES string of the molecule is Cc1cccc(Nc2cc(C)nc(Nc3cc(C)cc(C)c3)n2)c1. The monoisotopic (exact) mass is 318 g/mol. The number of nitrogens with one attached hydrogen (secondary N) is 2. The van der Waals surface area contributed by atoms with Gasteiger partial charge in [-0.3, -0.25) is 0 Å². The van der Waals surface area contributed by atoms with Crippen molar-refractivity contribution in [3.8, 4) is 0 Å². The molecular weight excluding hydrogens is 296 g/mol. The molecule has 4 heteroatoms. The Hall–Kier alpha value is -2.88. The first kappa shape index (κ1) is 16.0. The second kappa shape index (κ2) is 6.71. The molecule has 0 saturated carbocycles. The normalized spacial score (nSPS) is 10.5. The Bertz CT molecular complexity index is 851. The van der Waals surface area contributed by atoms with E-state index in [2.05, 4.69) is 71.7 Å². The van der Waals surface area contributed by atoms with Gasteiger partial charge in [0, 0.05) is 23.1 Å². The van der Waals surface area contributed by atoms with E-state index in [0.29, 0.717) is 5.95 Å². The minimum absolute atomic E-state index is 0.593. The Labute approximate surface area is 143 Å². The summed E-state index contributed by atoms with van der Waals surface area (Å²) in [6.45, 7) is 8.21. The van der Waals surface area contributed by atoms with Crippen LogP contribution in [0.2, 0.25) is 0 Å². The van der Waals surface area contributed by atoms with Crippen LogP contribution >= 0.6 is 0 Å². The van der Waals surface area contributed by atoms with E-state index in [1.165, 1.54) is 16.7 Å². The molecule has 0 aliphatic rings. The van der Waals surface area contributed by atoms with Crippen LogP contribution in [0.4, 0.5) is 23.1 Å². The molecule has 3 rings (SSSR count). The van der Waals surface area contributed by atoms with Crippen LogP contribution in [0.5, 0.6) is 0 Å². The highest BCUT2D eigenvalue weighted by Gasteiger charge is 2.05. The average Bonchev–Trinajstić information content (AvgIpc) is 2.45. The maximum Gasteiger partial charge on any atom is 0.229 e. The summed E-state index contributed by atoms with van der Waals surface area (Å²) < 4.78 is 0. The molecule has 0 spiro atoms. The average molecular weight is 318 g/mol. The third-order valence-electron chi connectivity index (χ3n) is 3.62. The highest BCUT2D eigenvalue weighted by molar-refractivity contribution is 5.61. The largest absolute Gasteiger partial charge is 0.340 e. The molecule has 1 heterocycles. The summed E-state index contributed by atoms with van der Waals surface area (Å²) in [5, 5.41) is 6.65. The van der Waals surface area contributed by atoms with Crippen molar-refractivity contribution in [3.05, 3.63) is 70.9 Å². The summed E-state index contributed by atoms with van der Waals surface area (Å²) in [5.74, 6) is 1.37. The summed E-state index contributed by atoms with van der Waals surface area (Å²) in [7, 11) is 0. The lowest BCUT2D eigenvalue weighted by Gasteiger charge is -2.11. The van der Waals surface area contributed by atoms with Crippen LogP contribution in [-0.2, 0) is 0 Å². The Morgan fingerprint density at radius 3 is 2.08 bits per heavy atom. The van der Waals surface area contributed by atoms with E-state index >= 15 is 0 Å². The van der Waals surface area contributed by atoms with Crippen LogP contribution in [0.25, 0.3) is 0 Å². The minimum Gasteiger partial charge on any atom is -0.340 e. The van der Waals surface area contributed by atoms with Gasteiger partial charge in [-0.1, -0.05) is 18.2 Å². The Balaban J connectivity index is 1.85. The molecular formula is C20H22N4. The van der Waals surface area contributed by atoms with Crippen molar-refractivity contribution in [1.29, 1.82) is 0 Å². The third-order valence-corrected chi connectivity index (χ3v) is 3.62. The molecule has 0 radical (unpaired) electrons. The van der Waals surface area contributed by atoms with E-state index in [4.69, 9.17) is 0 Å². The summed E-state index contributed by atoms with van der Waals surface area (Å²) in [6.07, 6.45) is 0. The summed E-state index contributed by atoms with van der Waals surface area (Å²) in [6, 6.07) is 16.5. The molecule has 3 aromatic rings. The molecule has 4 nitrogen and oxygen atoms in total. The van der Waals surface area contributed by atoms with Gasteiger partial charge in [0.05, 0.1) is 0 Å². The van der Waals surface area contributed by atoms with Crippen LogP contribution in [0, 0.1) is 27.7 Å². The smallest absolute Gasteiger partial charge is 0.229 e. The van der Waals surface area contributed by atoms with E-state index in [0.717, 1.165) is 22.9 Å². The molecule has 0 atom stereocenters. The lowest BCUT2D eigenvalue weighted by molar-refractivity contribution is 1.11. The fourth-order valence-corrected chi connectivity index (χ4v) is 2.74. The van der Waals surface area contributed by atoms with Gasteiger partial charge < -0.3 is 10.6 Å². The number of hydrogen-bond donors (Lipinski definition) is 2. The summed E-state index contributed by atoms with van der Waals surface area (Å²) >= 11 is 0. The van der Waals surface area contributed by atoms with Crippen LogP contribution < -0.4 is 10.6 Å². The number of aromatic nitrogens is 2. The zero-order valence-corrected chi connectivity index (χ0v) is 14.5. The fraction of sp³-hybridized carbons (Fsp3) is 0.200. The predicted molar refractivity (Wildman–Crippen MR) is 100 cm³/mol. The molecule has 122 valence electrons. The van der Waals surface area contributed by atoms with Gasteiger partial charge in [-0.05, 0) is 68.7 Å². The Kier molecular flexibility index (Phi) is 4.47. The fourth-order valence-electron chi connectivity index (χ4n) is 2.74. The number of aryl methyl sites for hydroxylation is 4. The van der Waals surface area contributed by atoms with Crippen LogP contribution in [0.3, 0.4) is 0 Å². The second-order valence-electron chi connectivity index (χ2n) is 6.21. The molecule has 0 bridgehead atoms. The van der Waals surface area contributed by atoms with Gasteiger partial charge in [-0.25, -0.2) is 4.98 Å². The summed E-state index contributed by atoms with van der Waals surface area (Å²) in [5.41, 5.74) is 6.56. The van der Waals surface area contributed by atoms with Gasteiger partial charge >= 0.3 is 0 Å². The molecule has 0 saturated heterocycles. The first-order valence-corrected chi connectivity index (χ1v) is 8.03. The number of rotatable bonds is 4. The zero-order valence-electron chi connectivity index (χ0n) is 14.5. The van der Waals surface area contributed by atoms with Crippen molar-refractivity contribution in [2.24, 2.45) is 0 Å². The number of hydrogen-bond acceptors (Lipinski definition) is 4. The Morgan fingerprint density at radius 2 is 1.38 bits per heavy atom. The first-order chi connectivity index (χ1) is 11.5.